The SMILES string of the molecule is CCOC(=O)C1=C(c2ccccc2)N=c2s/c(=C\c3cc(Br)cc(Br)c3OC(C)=O)c(=O)n2[C@H]1c1ccc(F)cc1. The fourth-order valence-corrected chi connectivity index (χ4v) is 6.81. The molecular weight excluding hydrogens is 679 g/mol. The molecule has 0 spiro atoms. The summed E-state index contributed by atoms with van der Waals surface area (Å²) in [5, 5.41) is 0. The molecule has 4 aromatic rings. The summed E-state index contributed by atoms with van der Waals surface area (Å²) in [5.41, 5.74) is 1.73. The van der Waals surface area contributed by atoms with Crippen LogP contribution in [0.3, 0.4) is 0 Å². The van der Waals surface area contributed by atoms with E-state index in [4.69, 9.17) is 14.5 Å². The molecule has 208 valence electrons. The molecule has 0 fully saturated rings. The Hall–Kier alpha value is -3.67. The molecule has 0 saturated heterocycles. The summed E-state index contributed by atoms with van der Waals surface area (Å²) in [5.74, 6) is -1.36. The van der Waals surface area contributed by atoms with Crippen LogP contribution in [0.15, 0.2) is 91.0 Å². The Morgan fingerprint density at radius 3 is 2.46 bits per heavy atom. The van der Waals surface area contributed by atoms with Crippen molar-refractivity contribution in [3.63, 3.8) is 0 Å². The molecule has 0 bridgehead atoms. The highest BCUT2D eigenvalue weighted by atomic mass is 79.9. The average Bonchev–Trinajstić information content (AvgIpc) is 3.25. The number of hydrogen-bond acceptors (Lipinski definition) is 7. The van der Waals surface area contributed by atoms with E-state index >= 15 is 0 Å². The summed E-state index contributed by atoms with van der Waals surface area (Å²) in [6.07, 6.45) is 1.61. The molecule has 0 radical (unpaired) electrons. The molecule has 1 atom stereocenters. The van der Waals surface area contributed by atoms with Crippen molar-refractivity contribution in [2.24, 2.45) is 4.99 Å². The highest BCUT2D eigenvalue weighted by Gasteiger charge is 2.35. The molecule has 0 amide bonds. The van der Waals surface area contributed by atoms with Gasteiger partial charge in [-0.1, -0.05) is 69.7 Å². The predicted molar refractivity (Wildman–Crippen MR) is 161 cm³/mol. The van der Waals surface area contributed by atoms with Gasteiger partial charge in [-0.3, -0.25) is 14.2 Å². The summed E-state index contributed by atoms with van der Waals surface area (Å²) in [6.45, 7) is 3.10. The molecule has 1 aliphatic heterocycles. The zero-order valence-corrected chi connectivity index (χ0v) is 25.7. The number of esters is 2. The van der Waals surface area contributed by atoms with Crippen molar-refractivity contribution in [2.75, 3.05) is 6.61 Å². The number of thiazole rings is 1. The van der Waals surface area contributed by atoms with Crippen molar-refractivity contribution in [1.29, 1.82) is 0 Å². The highest BCUT2D eigenvalue weighted by molar-refractivity contribution is 9.11. The monoisotopic (exact) mass is 698 g/mol. The van der Waals surface area contributed by atoms with Crippen LogP contribution in [0, 0.1) is 5.82 Å². The number of rotatable bonds is 6. The zero-order valence-electron chi connectivity index (χ0n) is 21.7. The third-order valence-corrected chi connectivity index (χ3v) is 8.16. The maximum Gasteiger partial charge on any atom is 0.338 e. The van der Waals surface area contributed by atoms with Crippen LogP contribution in [0.5, 0.6) is 5.75 Å². The summed E-state index contributed by atoms with van der Waals surface area (Å²) >= 11 is 7.98. The standard InChI is InChI=1S/C30H21Br2FN2O5S/c1-3-39-29(38)24-25(17-7-5-4-6-8-17)34-30-35(26(24)18-9-11-21(33)12-10-18)28(37)23(41-30)14-19-13-20(31)15-22(32)27(19)40-16(2)36/h4-15,26H,3H2,1-2H3/b23-14-/t26-/m0/s1. The molecule has 1 aliphatic rings. The fraction of sp³-hybridized carbons (Fsp3) is 0.133. The molecule has 5 rings (SSSR count). The topological polar surface area (TPSA) is 87.0 Å². The number of halogens is 3. The molecule has 0 saturated carbocycles. The van der Waals surface area contributed by atoms with Crippen LogP contribution in [-0.2, 0) is 14.3 Å². The summed E-state index contributed by atoms with van der Waals surface area (Å²) in [7, 11) is 0. The quantitative estimate of drug-likeness (QED) is 0.195. The van der Waals surface area contributed by atoms with Crippen LogP contribution in [-0.4, -0.2) is 23.1 Å². The molecule has 0 aliphatic carbocycles. The minimum absolute atomic E-state index is 0.113. The minimum atomic E-state index is -0.939. The molecule has 1 aromatic heterocycles. The molecule has 3 aromatic carbocycles. The van der Waals surface area contributed by atoms with Gasteiger partial charge in [0.1, 0.15) is 5.82 Å². The van der Waals surface area contributed by atoms with Gasteiger partial charge in [0, 0.05) is 22.5 Å². The van der Waals surface area contributed by atoms with Gasteiger partial charge in [0.25, 0.3) is 5.56 Å². The Labute approximate surface area is 254 Å². The lowest BCUT2D eigenvalue weighted by Gasteiger charge is -2.25. The summed E-state index contributed by atoms with van der Waals surface area (Å²) < 4.78 is 27.7. The third-order valence-electron chi connectivity index (χ3n) is 6.13. The van der Waals surface area contributed by atoms with Crippen LogP contribution in [0.2, 0.25) is 0 Å². The lowest BCUT2D eigenvalue weighted by Crippen LogP contribution is -2.40. The molecule has 11 heteroatoms. The second kappa shape index (κ2) is 12.1. The molecule has 41 heavy (non-hydrogen) atoms. The number of aromatic nitrogens is 1. The molecule has 7 nitrogen and oxygen atoms in total. The molecular formula is C30H21Br2FN2O5S. The van der Waals surface area contributed by atoms with E-state index < -0.39 is 29.4 Å². The maximum atomic E-state index is 14.0. The van der Waals surface area contributed by atoms with Crippen LogP contribution in [0.1, 0.15) is 36.6 Å². The lowest BCUT2D eigenvalue weighted by molar-refractivity contribution is -0.139. The Morgan fingerprint density at radius 2 is 1.80 bits per heavy atom. The molecule has 0 N–H and O–H groups in total. The molecule has 2 heterocycles. The first kappa shape index (κ1) is 28.8. The van der Waals surface area contributed by atoms with E-state index in [1.54, 1.807) is 25.1 Å². The predicted octanol–water partition coefficient (Wildman–Crippen LogP) is 5.53. The number of fused-ring (bicyclic) bond motifs is 1. The van der Waals surface area contributed by atoms with Gasteiger partial charge in [0.05, 0.1) is 32.9 Å². The Kier molecular flexibility index (Phi) is 8.48. The van der Waals surface area contributed by atoms with Gasteiger partial charge in [0.15, 0.2) is 10.6 Å². The van der Waals surface area contributed by atoms with E-state index in [2.05, 4.69) is 31.9 Å². The van der Waals surface area contributed by atoms with Gasteiger partial charge in [-0.25, -0.2) is 14.2 Å². The molecule has 0 unspecified atom stereocenters. The zero-order chi connectivity index (χ0) is 29.3. The summed E-state index contributed by atoms with van der Waals surface area (Å²) in [4.78, 5) is 44.5. The first-order valence-corrected chi connectivity index (χ1v) is 14.8. The van der Waals surface area contributed by atoms with Crippen molar-refractivity contribution in [1.82, 2.24) is 4.57 Å². The number of nitrogens with zero attached hydrogens (tertiary/aromatic N) is 2. The first-order chi connectivity index (χ1) is 19.7. The van der Waals surface area contributed by atoms with Gasteiger partial charge < -0.3 is 9.47 Å². The second-order valence-electron chi connectivity index (χ2n) is 8.88. The van der Waals surface area contributed by atoms with Gasteiger partial charge in [-0.2, -0.15) is 0 Å². The van der Waals surface area contributed by atoms with E-state index in [-0.39, 0.29) is 22.5 Å². The second-order valence-corrected chi connectivity index (χ2v) is 11.7. The van der Waals surface area contributed by atoms with Gasteiger partial charge in [-0.15, -0.1) is 0 Å². The number of carbonyl (C=O) groups is 2. The number of ether oxygens (including phenoxy) is 2. The highest BCUT2D eigenvalue weighted by Crippen LogP contribution is 2.36. The van der Waals surface area contributed by atoms with E-state index in [0.717, 1.165) is 11.3 Å². The number of carbonyl (C=O) groups excluding carboxylic acids is 2. The first-order valence-electron chi connectivity index (χ1n) is 12.4. The van der Waals surface area contributed by atoms with Crippen LogP contribution in [0.25, 0.3) is 11.8 Å². The van der Waals surface area contributed by atoms with E-state index in [0.29, 0.717) is 36.1 Å². The fourth-order valence-electron chi connectivity index (χ4n) is 4.48. The van der Waals surface area contributed by atoms with E-state index in [9.17, 15) is 18.8 Å². The average molecular weight is 700 g/mol. The number of hydrogen-bond donors (Lipinski definition) is 0. The third kappa shape index (κ3) is 5.88. The van der Waals surface area contributed by atoms with Crippen LogP contribution < -0.4 is 19.6 Å². The summed E-state index contributed by atoms with van der Waals surface area (Å²) in [6, 6.07) is 17.3. The maximum absolute atomic E-state index is 14.0. The minimum Gasteiger partial charge on any atom is -0.463 e. The smallest absolute Gasteiger partial charge is 0.338 e. The van der Waals surface area contributed by atoms with Crippen LogP contribution in [0.4, 0.5) is 4.39 Å². The van der Waals surface area contributed by atoms with Crippen molar-refractivity contribution in [2.45, 2.75) is 19.9 Å². The van der Waals surface area contributed by atoms with E-state index in [1.165, 1.54) is 35.8 Å². The van der Waals surface area contributed by atoms with Crippen molar-refractivity contribution < 1.29 is 23.5 Å². The normalized spacial score (nSPS) is 14.9. The largest absolute Gasteiger partial charge is 0.463 e. The van der Waals surface area contributed by atoms with Crippen molar-refractivity contribution in [3.8, 4) is 5.75 Å². The lowest BCUT2D eigenvalue weighted by atomic mass is 9.93. The van der Waals surface area contributed by atoms with Crippen LogP contribution >= 0.6 is 43.2 Å². The van der Waals surface area contributed by atoms with Gasteiger partial charge in [0.2, 0.25) is 0 Å². The Balaban J connectivity index is 1.83. The van der Waals surface area contributed by atoms with Gasteiger partial charge in [-0.05, 0) is 58.8 Å². The van der Waals surface area contributed by atoms with E-state index in [1.807, 2.05) is 30.3 Å². The number of benzene rings is 3. The Bertz CT molecular complexity index is 1880. The van der Waals surface area contributed by atoms with Gasteiger partial charge >= 0.3 is 11.9 Å². The van der Waals surface area contributed by atoms with Crippen molar-refractivity contribution in [3.05, 3.63) is 123 Å². The van der Waals surface area contributed by atoms with Crippen molar-refractivity contribution >= 4 is 66.9 Å². The Morgan fingerprint density at radius 1 is 1.10 bits per heavy atom.